The van der Waals surface area contributed by atoms with Crippen LogP contribution in [-0.4, -0.2) is 44.9 Å². The highest BCUT2D eigenvalue weighted by Crippen LogP contribution is 2.36. The summed E-state index contributed by atoms with van der Waals surface area (Å²) in [7, 11) is -3.81. The molecule has 0 spiro atoms. The van der Waals surface area contributed by atoms with Crippen molar-refractivity contribution in [3.63, 3.8) is 0 Å². The van der Waals surface area contributed by atoms with Gasteiger partial charge in [-0.1, -0.05) is 13.8 Å². The molecule has 0 aromatic heterocycles. The lowest BCUT2D eigenvalue weighted by Crippen LogP contribution is -2.41. The monoisotopic (exact) mass is 386 g/mol. The molecule has 0 saturated carbocycles. The fraction of sp³-hybridized carbons (Fsp3) is 0.923. The molecule has 4 nitrogen and oxygen atoms in total. The van der Waals surface area contributed by atoms with Crippen LogP contribution in [-0.2, 0) is 19.4 Å². The van der Waals surface area contributed by atoms with E-state index in [1.54, 1.807) is 0 Å². The maximum absolute atomic E-state index is 12.8. The number of carbonyl (C=O) groups is 1. The highest BCUT2D eigenvalue weighted by atomic mass is 32.2. The Morgan fingerprint density at radius 2 is 1.62 bits per heavy atom. The molecule has 0 aliphatic carbocycles. The Bertz CT molecular complexity index is 512. The van der Waals surface area contributed by atoms with Crippen molar-refractivity contribution in [2.45, 2.75) is 50.7 Å². The molecule has 24 heavy (non-hydrogen) atoms. The minimum atomic E-state index is -4.77. The second-order valence-corrected chi connectivity index (χ2v) is 7.78. The second-order valence-electron chi connectivity index (χ2n) is 5.54. The van der Waals surface area contributed by atoms with Gasteiger partial charge in [-0.3, -0.25) is 4.79 Å². The first-order valence-electron chi connectivity index (χ1n) is 7.08. The molecular formula is C13H20F6O4S. The van der Waals surface area contributed by atoms with Crippen LogP contribution in [0.5, 0.6) is 0 Å². The zero-order valence-corrected chi connectivity index (χ0v) is 14.2. The molecule has 0 radical (unpaired) electrons. The van der Waals surface area contributed by atoms with Gasteiger partial charge in [-0.15, -0.1) is 0 Å². The third kappa shape index (κ3) is 7.27. The quantitative estimate of drug-likeness (QED) is 0.473. The Morgan fingerprint density at radius 1 is 1.12 bits per heavy atom. The Balaban J connectivity index is 5.43. The van der Waals surface area contributed by atoms with Crippen LogP contribution >= 0.6 is 0 Å². The summed E-state index contributed by atoms with van der Waals surface area (Å²) in [4.78, 5) is 11.7. The van der Waals surface area contributed by atoms with Crippen molar-refractivity contribution in [3.8, 4) is 0 Å². The van der Waals surface area contributed by atoms with Crippen LogP contribution in [0.3, 0.4) is 0 Å². The standard InChI is InChI=1S/C13H20F6O4S/c1-4-9(13(17,18)19)7-8(2)10(11(20)23-3)24(21,22)6-5-12(14,15)16/h8-10H,4-7H2,1-3H3. The van der Waals surface area contributed by atoms with E-state index in [0.717, 1.165) is 14.0 Å². The number of halogens is 6. The highest BCUT2D eigenvalue weighted by Gasteiger charge is 2.45. The molecule has 0 saturated heterocycles. The van der Waals surface area contributed by atoms with Gasteiger partial charge in [0.15, 0.2) is 15.1 Å². The maximum atomic E-state index is 12.8. The fourth-order valence-electron chi connectivity index (χ4n) is 2.34. The van der Waals surface area contributed by atoms with E-state index in [9.17, 15) is 39.6 Å². The van der Waals surface area contributed by atoms with Gasteiger partial charge in [0.05, 0.1) is 25.2 Å². The molecule has 0 aliphatic heterocycles. The Labute approximate surface area is 136 Å². The van der Waals surface area contributed by atoms with Crippen LogP contribution in [0.15, 0.2) is 0 Å². The van der Waals surface area contributed by atoms with Gasteiger partial charge in [0.25, 0.3) is 0 Å². The summed E-state index contributed by atoms with van der Waals surface area (Å²) in [6.45, 7) is 2.33. The van der Waals surface area contributed by atoms with Crippen molar-refractivity contribution in [2.75, 3.05) is 12.9 Å². The van der Waals surface area contributed by atoms with E-state index in [1.807, 2.05) is 0 Å². The van der Waals surface area contributed by atoms with Crippen LogP contribution in [0.25, 0.3) is 0 Å². The molecule has 0 aromatic rings. The van der Waals surface area contributed by atoms with E-state index in [-0.39, 0.29) is 6.42 Å². The molecule has 0 heterocycles. The van der Waals surface area contributed by atoms with Crippen LogP contribution in [0.1, 0.15) is 33.1 Å². The number of hydrogen-bond donors (Lipinski definition) is 0. The van der Waals surface area contributed by atoms with E-state index in [4.69, 9.17) is 0 Å². The van der Waals surface area contributed by atoms with Gasteiger partial charge >= 0.3 is 18.3 Å². The number of methoxy groups -OCH3 is 1. The topological polar surface area (TPSA) is 60.4 Å². The predicted molar refractivity (Wildman–Crippen MR) is 73.9 cm³/mol. The number of alkyl halides is 6. The minimum Gasteiger partial charge on any atom is -0.468 e. The maximum Gasteiger partial charge on any atom is 0.391 e. The summed E-state index contributed by atoms with van der Waals surface area (Å²) >= 11 is 0. The molecule has 0 rings (SSSR count). The Kier molecular flexibility index (Phi) is 8.04. The Morgan fingerprint density at radius 3 is 1.96 bits per heavy atom. The molecule has 0 bridgehead atoms. The molecule has 0 fully saturated rings. The SMILES string of the molecule is CCC(CC(C)C(C(=O)OC)S(=O)(=O)CCC(F)(F)F)C(F)(F)F. The molecule has 144 valence electrons. The van der Waals surface area contributed by atoms with Crippen LogP contribution < -0.4 is 0 Å². The zero-order valence-electron chi connectivity index (χ0n) is 13.4. The van der Waals surface area contributed by atoms with Gasteiger partial charge in [-0.25, -0.2) is 8.42 Å². The number of carbonyl (C=O) groups excluding carboxylic acids is 1. The molecule has 0 aromatic carbocycles. The predicted octanol–water partition coefficient (Wildman–Crippen LogP) is 3.51. The van der Waals surface area contributed by atoms with E-state index < -0.39 is 63.8 Å². The fourth-order valence-corrected chi connectivity index (χ4v) is 4.32. The average Bonchev–Trinajstić information content (AvgIpc) is 2.40. The van der Waals surface area contributed by atoms with Crippen molar-refractivity contribution in [3.05, 3.63) is 0 Å². The van der Waals surface area contributed by atoms with E-state index in [0.29, 0.717) is 0 Å². The average molecular weight is 386 g/mol. The first-order chi connectivity index (χ1) is 10.7. The van der Waals surface area contributed by atoms with E-state index in [1.165, 1.54) is 6.92 Å². The van der Waals surface area contributed by atoms with E-state index in [2.05, 4.69) is 4.74 Å². The Hall–Kier alpha value is -1.00. The van der Waals surface area contributed by atoms with Crippen molar-refractivity contribution >= 4 is 15.8 Å². The first kappa shape index (κ1) is 23.0. The van der Waals surface area contributed by atoms with Gasteiger partial charge < -0.3 is 4.74 Å². The second kappa shape index (κ2) is 8.39. The van der Waals surface area contributed by atoms with Gasteiger partial charge in [0.2, 0.25) is 0 Å². The molecular weight excluding hydrogens is 366 g/mol. The summed E-state index contributed by atoms with van der Waals surface area (Å²) in [5.74, 6) is -5.95. The summed E-state index contributed by atoms with van der Waals surface area (Å²) in [5.41, 5.74) is 0. The zero-order chi connectivity index (χ0) is 19.3. The van der Waals surface area contributed by atoms with Gasteiger partial charge in [0.1, 0.15) is 0 Å². The molecule has 11 heteroatoms. The largest absolute Gasteiger partial charge is 0.468 e. The van der Waals surface area contributed by atoms with Crippen LogP contribution in [0.4, 0.5) is 26.3 Å². The smallest absolute Gasteiger partial charge is 0.391 e. The van der Waals surface area contributed by atoms with Gasteiger partial charge in [-0.2, -0.15) is 26.3 Å². The number of ether oxygens (including phenoxy) is 1. The number of rotatable bonds is 8. The lowest BCUT2D eigenvalue weighted by Gasteiger charge is -2.27. The van der Waals surface area contributed by atoms with Crippen molar-refractivity contribution < 1.29 is 44.3 Å². The normalized spacial score (nSPS) is 17.2. The highest BCUT2D eigenvalue weighted by molar-refractivity contribution is 7.92. The van der Waals surface area contributed by atoms with Crippen molar-refractivity contribution in [2.24, 2.45) is 11.8 Å². The van der Waals surface area contributed by atoms with Gasteiger partial charge in [0, 0.05) is 0 Å². The summed E-state index contributed by atoms with van der Waals surface area (Å²) in [5, 5.41) is -2.07. The molecule has 0 N–H and O–H groups in total. The lowest BCUT2D eigenvalue weighted by atomic mass is 9.91. The van der Waals surface area contributed by atoms with E-state index >= 15 is 0 Å². The number of sulfone groups is 1. The third-order valence-electron chi connectivity index (χ3n) is 3.62. The van der Waals surface area contributed by atoms with Crippen molar-refractivity contribution in [1.82, 2.24) is 0 Å². The summed E-state index contributed by atoms with van der Waals surface area (Å²) < 4.78 is 104. The summed E-state index contributed by atoms with van der Waals surface area (Å²) in [6.07, 6.45) is -12.1. The van der Waals surface area contributed by atoms with Gasteiger partial charge in [-0.05, 0) is 18.8 Å². The minimum absolute atomic E-state index is 0.343. The van der Waals surface area contributed by atoms with Crippen LogP contribution in [0.2, 0.25) is 0 Å². The number of esters is 1. The molecule has 0 aliphatic rings. The third-order valence-corrected chi connectivity index (χ3v) is 5.82. The van der Waals surface area contributed by atoms with Crippen molar-refractivity contribution in [1.29, 1.82) is 0 Å². The van der Waals surface area contributed by atoms with Crippen LogP contribution in [0, 0.1) is 11.8 Å². The summed E-state index contributed by atoms with van der Waals surface area (Å²) in [6, 6.07) is 0. The molecule has 3 unspecified atom stereocenters. The number of hydrogen-bond acceptors (Lipinski definition) is 4. The molecule has 0 amide bonds. The molecule has 3 atom stereocenters. The lowest BCUT2D eigenvalue weighted by molar-refractivity contribution is -0.180. The first-order valence-corrected chi connectivity index (χ1v) is 8.80.